The summed E-state index contributed by atoms with van der Waals surface area (Å²) in [6.07, 6.45) is 3.47. The lowest BCUT2D eigenvalue weighted by molar-refractivity contribution is -0.148. The highest BCUT2D eigenvalue weighted by Crippen LogP contribution is 2.25. The lowest BCUT2D eigenvalue weighted by Crippen LogP contribution is -2.45. The summed E-state index contributed by atoms with van der Waals surface area (Å²) in [5, 5.41) is 15.7. The molecule has 0 fully saturated rings. The van der Waals surface area contributed by atoms with Crippen molar-refractivity contribution in [1.29, 1.82) is 0 Å². The molecule has 2 amide bonds. The number of rotatable bonds is 17. The van der Waals surface area contributed by atoms with Crippen LogP contribution in [0.1, 0.15) is 51.4 Å². The smallest absolute Gasteiger partial charge is 0.328 e. The number of benzene rings is 1. The number of aromatic amines is 1. The first-order valence-electron chi connectivity index (χ1n) is 15.5. The number of anilines is 2. The van der Waals surface area contributed by atoms with Gasteiger partial charge in [-0.1, -0.05) is 30.3 Å². The summed E-state index contributed by atoms with van der Waals surface area (Å²) < 4.78 is 9.65. The number of aryl methyl sites for hydroxylation is 2. The van der Waals surface area contributed by atoms with E-state index >= 15 is 0 Å². The number of hydrogen-bond donors (Lipinski definition) is 6. The number of carbonyl (C=O) groups is 5. The van der Waals surface area contributed by atoms with E-state index in [-0.39, 0.29) is 31.6 Å². The lowest BCUT2D eigenvalue weighted by Gasteiger charge is -2.21. The van der Waals surface area contributed by atoms with Crippen LogP contribution in [-0.2, 0) is 47.9 Å². The Hall–Kier alpha value is -5.51. The van der Waals surface area contributed by atoms with Gasteiger partial charge in [-0.05, 0) is 61.8 Å². The Labute approximate surface area is 285 Å². The Kier molecular flexibility index (Phi) is 12.6. The molecule has 0 aliphatic carbocycles. The van der Waals surface area contributed by atoms with Gasteiger partial charge >= 0.3 is 17.9 Å². The van der Waals surface area contributed by atoms with Crippen molar-refractivity contribution in [2.75, 3.05) is 25.7 Å². The zero-order chi connectivity index (χ0) is 35.5. The van der Waals surface area contributed by atoms with E-state index < -0.39 is 47.7 Å². The van der Waals surface area contributed by atoms with Crippen LogP contribution in [0.15, 0.2) is 48.7 Å². The minimum absolute atomic E-state index is 0.0912. The van der Waals surface area contributed by atoms with Crippen LogP contribution < -0.4 is 22.1 Å². The number of nitrogens with two attached hydrogens (primary N) is 2. The number of aromatic nitrogens is 3. The van der Waals surface area contributed by atoms with Crippen molar-refractivity contribution in [1.82, 2.24) is 25.6 Å². The summed E-state index contributed by atoms with van der Waals surface area (Å²) in [7, 11) is 2.30. The van der Waals surface area contributed by atoms with E-state index in [1.807, 2.05) is 12.3 Å². The van der Waals surface area contributed by atoms with Gasteiger partial charge in [-0.2, -0.15) is 9.97 Å². The number of esters is 2. The van der Waals surface area contributed by atoms with Crippen molar-refractivity contribution in [2.45, 2.75) is 57.0 Å². The highest BCUT2D eigenvalue weighted by molar-refractivity contribution is 7.14. The number of amides is 2. The van der Waals surface area contributed by atoms with Crippen LogP contribution in [-0.4, -0.2) is 76.1 Å². The van der Waals surface area contributed by atoms with Gasteiger partial charge in [0.15, 0.2) is 0 Å². The van der Waals surface area contributed by atoms with Gasteiger partial charge in [-0.3, -0.25) is 14.4 Å². The standard InChI is InChI=1S/C33H39N7O8S/c1-47-31(45)22(12-14-25(41)37-23(32(46)48-2)16-20(30(43)44)15-18-7-4-3-5-8-18)38-29(42)24-13-11-21(49-24)10-6-9-19-17-36-28-26(19)27(34)39-33(35)40-28/h3-5,7-8,11,13,17,20,22-23H,6,9-10,12,14-16H2,1-2H3,(H,37,41)(H,38,42)(H,43,44)(H5,34,35,36,39,40)/t20?,22-,23-/m0/s1. The van der Waals surface area contributed by atoms with Crippen molar-refractivity contribution in [3.63, 3.8) is 0 Å². The largest absolute Gasteiger partial charge is 0.481 e. The monoisotopic (exact) mass is 693 g/mol. The summed E-state index contributed by atoms with van der Waals surface area (Å²) in [5.74, 6) is -4.40. The lowest BCUT2D eigenvalue weighted by atomic mass is 9.92. The highest BCUT2D eigenvalue weighted by atomic mass is 32.1. The normalized spacial score (nSPS) is 12.9. The van der Waals surface area contributed by atoms with E-state index in [0.717, 1.165) is 34.9 Å². The molecule has 8 N–H and O–H groups in total. The summed E-state index contributed by atoms with van der Waals surface area (Å²) in [6, 6.07) is 10.0. The van der Waals surface area contributed by atoms with Gasteiger partial charge in [-0.15, -0.1) is 11.3 Å². The van der Waals surface area contributed by atoms with E-state index in [1.165, 1.54) is 18.4 Å². The third-order valence-corrected chi connectivity index (χ3v) is 9.02. The molecule has 0 aliphatic rings. The first-order chi connectivity index (χ1) is 23.5. The van der Waals surface area contributed by atoms with Crippen LogP contribution in [0.5, 0.6) is 0 Å². The van der Waals surface area contributed by atoms with Crippen molar-refractivity contribution < 1.29 is 38.6 Å². The number of nitrogens with one attached hydrogen (secondary N) is 3. The fourth-order valence-electron chi connectivity index (χ4n) is 5.40. The Morgan fingerprint density at radius 1 is 0.939 bits per heavy atom. The molecule has 3 aromatic heterocycles. The van der Waals surface area contributed by atoms with Crippen molar-refractivity contribution in [3.05, 3.63) is 69.5 Å². The number of aliphatic carboxylic acids is 1. The highest BCUT2D eigenvalue weighted by Gasteiger charge is 2.30. The molecule has 0 radical (unpaired) electrons. The zero-order valence-electron chi connectivity index (χ0n) is 27.1. The summed E-state index contributed by atoms with van der Waals surface area (Å²) in [6.45, 7) is 0. The average molecular weight is 694 g/mol. The first-order valence-corrected chi connectivity index (χ1v) is 16.3. The molecule has 15 nitrogen and oxygen atoms in total. The molecule has 4 aromatic rings. The Morgan fingerprint density at radius 2 is 1.65 bits per heavy atom. The second kappa shape index (κ2) is 17.1. The molecule has 49 heavy (non-hydrogen) atoms. The molecule has 0 saturated heterocycles. The van der Waals surface area contributed by atoms with Crippen molar-refractivity contribution in [2.24, 2.45) is 5.92 Å². The van der Waals surface area contributed by atoms with Crippen LogP contribution in [0.4, 0.5) is 11.8 Å². The predicted molar refractivity (Wildman–Crippen MR) is 181 cm³/mol. The Bertz CT molecular complexity index is 1790. The van der Waals surface area contributed by atoms with Crippen molar-refractivity contribution in [3.8, 4) is 0 Å². The number of carbonyl (C=O) groups excluding carboxylic acids is 4. The molecular weight excluding hydrogens is 654 g/mol. The van der Waals surface area contributed by atoms with Gasteiger partial charge in [0.05, 0.1) is 30.4 Å². The number of H-pyrrole nitrogens is 1. The number of nitrogen functional groups attached to an aromatic ring is 2. The molecular formula is C33H39N7O8S. The maximum Gasteiger partial charge on any atom is 0.328 e. The fourth-order valence-corrected chi connectivity index (χ4v) is 6.36. The number of hydrogen-bond acceptors (Lipinski definition) is 12. The molecule has 1 aromatic carbocycles. The minimum Gasteiger partial charge on any atom is -0.481 e. The molecule has 3 heterocycles. The molecule has 1 unspecified atom stereocenters. The Balaban J connectivity index is 1.31. The fraction of sp³-hybridized carbons (Fsp3) is 0.364. The minimum atomic E-state index is -1.24. The van der Waals surface area contributed by atoms with Gasteiger partial charge in [-0.25, -0.2) is 9.59 Å². The van der Waals surface area contributed by atoms with Gasteiger partial charge in [0.2, 0.25) is 11.9 Å². The average Bonchev–Trinajstić information content (AvgIpc) is 3.73. The third kappa shape index (κ3) is 9.99. The van der Waals surface area contributed by atoms with Crippen LogP contribution in [0.25, 0.3) is 11.0 Å². The van der Waals surface area contributed by atoms with Gasteiger partial charge < -0.3 is 41.7 Å². The van der Waals surface area contributed by atoms with Gasteiger partial charge in [0.1, 0.15) is 23.5 Å². The van der Waals surface area contributed by atoms with E-state index in [0.29, 0.717) is 29.2 Å². The SMILES string of the molecule is COC(=O)[C@H](CC(Cc1ccccc1)C(=O)O)NC(=O)CC[C@H](NC(=O)c1ccc(CCCc2c[nH]c3nc(N)nc(N)c23)s1)C(=O)OC. The second-order valence-electron chi connectivity index (χ2n) is 11.3. The van der Waals surface area contributed by atoms with Gasteiger partial charge in [0, 0.05) is 17.5 Å². The van der Waals surface area contributed by atoms with Gasteiger partial charge in [0.25, 0.3) is 5.91 Å². The van der Waals surface area contributed by atoms with Crippen LogP contribution in [0.2, 0.25) is 0 Å². The molecule has 4 rings (SSSR count). The number of thiophene rings is 1. The predicted octanol–water partition coefficient (Wildman–Crippen LogP) is 2.40. The number of carboxylic acids is 1. The summed E-state index contributed by atoms with van der Waals surface area (Å²) in [4.78, 5) is 75.5. The number of carboxylic acid groups (broad SMARTS) is 1. The Morgan fingerprint density at radius 3 is 2.35 bits per heavy atom. The molecule has 3 atom stereocenters. The molecule has 0 aliphatic heterocycles. The van der Waals surface area contributed by atoms with E-state index in [4.69, 9.17) is 20.9 Å². The number of fused-ring (bicyclic) bond motifs is 1. The molecule has 260 valence electrons. The van der Waals surface area contributed by atoms with Crippen LogP contribution >= 0.6 is 11.3 Å². The first kappa shape index (κ1) is 36.3. The molecule has 0 spiro atoms. The maximum atomic E-state index is 13.1. The van der Waals surface area contributed by atoms with Crippen LogP contribution in [0, 0.1) is 5.92 Å². The van der Waals surface area contributed by atoms with E-state index in [2.05, 4.69) is 25.6 Å². The topological polar surface area (TPSA) is 242 Å². The third-order valence-electron chi connectivity index (χ3n) is 7.88. The zero-order valence-corrected chi connectivity index (χ0v) is 27.9. The summed E-state index contributed by atoms with van der Waals surface area (Å²) in [5.41, 5.74) is 14.0. The quantitative estimate of drug-likeness (QED) is 0.0874. The number of nitrogens with zero attached hydrogens (tertiary/aromatic N) is 2. The van der Waals surface area contributed by atoms with Crippen LogP contribution in [0.3, 0.4) is 0 Å². The van der Waals surface area contributed by atoms with E-state index in [9.17, 15) is 29.1 Å². The maximum absolute atomic E-state index is 13.1. The number of methoxy groups -OCH3 is 2. The molecule has 0 saturated carbocycles. The van der Waals surface area contributed by atoms with Crippen molar-refractivity contribution >= 4 is 63.9 Å². The molecule has 0 bridgehead atoms. The molecule has 16 heteroatoms. The second-order valence-corrected chi connectivity index (χ2v) is 12.5. The van der Waals surface area contributed by atoms with E-state index in [1.54, 1.807) is 36.4 Å². The summed E-state index contributed by atoms with van der Waals surface area (Å²) >= 11 is 1.28. The number of ether oxygens (including phenoxy) is 2.